The summed E-state index contributed by atoms with van der Waals surface area (Å²) in [5.41, 5.74) is 0.909. The third-order valence-electron chi connectivity index (χ3n) is 1.61. The molecule has 2 rings (SSSR count). The van der Waals surface area contributed by atoms with Gasteiger partial charge in [-0.05, 0) is 12.1 Å². The molecule has 4 heteroatoms. The molecule has 0 bridgehead atoms. The van der Waals surface area contributed by atoms with Gasteiger partial charge in [0.1, 0.15) is 0 Å². The standard InChI is InChI=1S/C9H7ClN2O.C2H6/c10-6-8-11-9(13-12-8)7-4-2-1-3-5-7;1-2/h1-5H,6H2;1-2H3. The van der Waals surface area contributed by atoms with E-state index in [4.69, 9.17) is 16.1 Å². The monoisotopic (exact) mass is 224 g/mol. The second-order valence-corrected chi connectivity index (χ2v) is 2.78. The molecule has 0 atom stereocenters. The van der Waals surface area contributed by atoms with Crippen molar-refractivity contribution in [3.05, 3.63) is 36.2 Å². The first-order chi connectivity index (χ1) is 7.40. The van der Waals surface area contributed by atoms with Crippen molar-refractivity contribution in [3.8, 4) is 11.5 Å². The van der Waals surface area contributed by atoms with Gasteiger partial charge in [0.25, 0.3) is 5.89 Å². The molecule has 0 spiro atoms. The summed E-state index contributed by atoms with van der Waals surface area (Å²) in [7, 11) is 0. The van der Waals surface area contributed by atoms with Crippen LogP contribution in [0.3, 0.4) is 0 Å². The van der Waals surface area contributed by atoms with E-state index in [1.807, 2.05) is 44.2 Å². The van der Waals surface area contributed by atoms with Crippen molar-refractivity contribution in [2.24, 2.45) is 0 Å². The van der Waals surface area contributed by atoms with Crippen LogP contribution < -0.4 is 0 Å². The van der Waals surface area contributed by atoms with Crippen molar-refractivity contribution >= 4 is 11.6 Å². The highest BCUT2D eigenvalue weighted by Gasteiger charge is 2.06. The van der Waals surface area contributed by atoms with Gasteiger partial charge < -0.3 is 4.52 Å². The lowest BCUT2D eigenvalue weighted by molar-refractivity contribution is 0.425. The Morgan fingerprint density at radius 1 is 1.20 bits per heavy atom. The average Bonchev–Trinajstić information content (AvgIpc) is 2.81. The van der Waals surface area contributed by atoms with Gasteiger partial charge in [0.05, 0.1) is 5.88 Å². The predicted octanol–water partition coefficient (Wildman–Crippen LogP) is 3.50. The molecule has 0 unspecified atom stereocenters. The summed E-state index contributed by atoms with van der Waals surface area (Å²) in [6.07, 6.45) is 0. The van der Waals surface area contributed by atoms with Gasteiger partial charge in [-0.2, -0.15) is 4.98 Å². The molecule has 0 aliphatic carbocycles. The SMILES string of the molecule is CC.ClCc1noc(-c2ccccc2)n1. The summed E-state index contributed by atoms with van der Waals surface area (Å²) in [6, 6.07) is 9.58. The van der Waals surface area contributed by atoms with Gasteiger partial charge in [0.2, 0.25) is 0 Å². The molecule has 1 heterocycles. The second kappa shape index (κ2) is 6.19. The minimum Gasteiger partial charge on any atom is -0.334 e. The quantitative estimate of drug-likeness (QED) is 0.733. The molecule has 0 N–H and O–H groups in total. The fraction of sp³-hybridized carbons (Fsp3) is 0.273. The molecule has 0 fully saturated rings. The van der Waals surface area contributed by atoms with E-state index in [1.54, 1.807) is 0 Å². The van der Waals surface area contributed by atoms with Crippen molar-refractivity contribution in [1.82, 2.24) is 10.1 Å². The molecule has 3 nitrogen and oxygen atoms in total. The minimum atomic E-state index is 0.274. The first-order valence-electron chi connectivity index (χ1n) is 4.84. The van der Waals surface area contributed by atoms with Crippen molar-refractivity contribution < 1.29 is 4.52 Å². The Bertz CT molecular complexity index is 386. The fourth-order valence-corrected chi connectivity index (χ4v) is 1.11. The fourth-order valence-electron chi connectivity index (χ4n) is 1.01. The first kappa shape index (κ1) is 11.7. The Hall–Kier alpha value is -1.35. The van der Waals surface area contributed by atoms with Gasteiger partial charge in [-0.1, -0.05) is 37.2 Å². The number of halogens is 1. The lowest BCUT2D eigenvalue weighted by Crippen LogP contribution is -1.80. The Balaban J connectivity index is 0.000000531. The Morgan fingerprint density at radius 3 is 2.40 bits per heavy atom. The van der Waals surface area contributed by atoms with Crippen LogP contribution in [-0.4, -0.2) is 10.1 Å². The van der Waals surface area contributed by atoms with Crippen molar-refractivity contribution in [3.63, 3.8) is 0 Å². The minimum absolute atomic E-state index is 0.274. The van der Waals surface area contributed by atoms with E-state index in [2.05, 4.69) is 10.1 Å². The van der Waals surface area contributed by atoms with Crippen LogP contribution in [0.15, 0.2) is 34.9 Å². The number of hydrogen-bond acceptors (Lipinski definition) is 3. The summed E-state index contributed by atoms with van der Waals surface area (Å²) in [6.45, 7) is 4.00. The topological polar surface area (TPSA) is 38.9 Å². The van der Waals surface area contributed by atoms with Gasteiger partial charge in [0.15, 0.2) is 5.82 Å². The van der Waals surface area contributed by atoms with Crippen LogP contribution >= 0.6 is 11.6 Å². The number of benzene rings is 1. The van der Waals surface area contributed by atoms with E-state index in [0.717, 1.165) is 5.56 Å². The smallest absolute Gasteiger partial charge is 0.257 e. The zero-order valence-corrected chi connectivity index (χ0v) is 9.53. The van der Waals surface area contributed by atoms with Crippen LogP contribution in [-0.2, 0) is 5.88 Å². The van der Waals surface area contributed by atoms with Crippen LogP contribution in [0, 0.1) is 0 Å². The van der Waals surface area contributed by atoms with Crippen LogP contribution in [0.2, 0.25) is 0 Å². The number of alkyl halides is 1. The maximum absolute atomic E-state index is 5.54. The second-order valence-electron chi connectivity index (χ2n) is 2.52. The maximum atomic E-state index is 5.54. The van der Waals surface area contributed by atoms with Gasteiger partial charge in [-0.25, -0.2) is 0 Å². The van der Waals surface area contributed by atoms with Crippen molar-refractivity contribution in [1.29, 1.82) is 0 Å². The lowest BCUT2D eigenvalue weighted by atomic mass is 10.2. The molecule has 2 aromatic rings. The van der Waals surface area contributed by atoms with E-state index in [1.165, 1.54) is 0 Å². The van der Waals surface area contributed by atoms with Gasteiger partial charge in [0, 0.05) is 5.56 Å². The van der Waals surface area contributed by atoms with Crippen LogP contribution in [0.1, 0.15) is 19.7 Å². The van der Waals surface area contributed by atoms with Gasteiger partial charge in [-0.3, -0.25) is 0 Å². The molecule has 0 amide bonds. The third kappa shape index (κ3) is 3.06. The highest BCUT2D eigenvalue weighted by molar-refractivity contribution is 6.16. The van der Waals surface area contributed by atoms with Crippen LogP contribution in [0.4, 0.5) is 0 Å². The van der Waals surface area contributed by atoms with E-state index < -0.39 is 0 Å². The molecule has 15 heavy (non-hydrogen) atoms. The maximum Gasteiger partial charge on any atom is 0.257 e. The highest BCUT2D eigenvalue weighted by Crippen LogP contribution is 2.16. The van der Waals surface area contributed by atoms with E-state index in [0.29, 0.717) is 11.7 Å². The summed E-state index contributed by atoms with van der Waals surface area (Å²) >= 11 is 5.54. The number of nitrogens with zero attached hydrogens (tertiary/aromatic N) is 2. The average molecular weight is 225 g/mol. The number of aromatic nitrogens is 2. The third-order valence-corrected chi connectivity index (χ3v) is 1.85. The van der Waals surface area contributed by atoms with Gasteiger partial charge >= 0.3 is 0 Å². The molecule has 1 aromatic heterocycles. The van der Waals surface area contributed by atoms with E-state index in [-0.39, 0.29) is 5.88 Å². The zero-order chi connectivity index (χ0) is 11.1. The van der Waals surface area contributed by atoms with Crippen molar-refractivity contribution in [2.45, 2.75) is 19.7 Å². The number of hydrogen-bond donors (Lipinski definition) is 0. The Labute approximate surface area is 94.1 Å². The van der Waals surface area contributed by atoms with Crippen LogP contribution in [0.5, 0.6) is 0 Å². The zero-order valence-electron chi connectivity index (χ0n) is 8.77. The summed E-state index contributed by atoms with van der Waals surface area (Å²) < 4.78 is 5.00. The van der Waals surface area contributed by atoms with Crippen molar-refractivity contribution in [2.75, 3.05) is 0 Å². The molecule has 0 radical (unpaired) electrons. The molecule has 80 valence electrons. The molecule has 0 aliphatic heterocycles. The highest BCUT2D eigenvalue weighted by atomic mass is 35.5. The largest absolute Gasteiger partial charge is 0.334 e. The predicted molar refractivity (Wildman–Crippen MR) is 60.6 cm³/mol. The molecule has 0 saturated carbocycles. The Kier molecular flexibility index (Phi) is 4.84. The van der Waals surface area contributed by atoms with E-state index in [9.17, 15) is 0 Å². The summed E-state index contributed by atoms with van der Waals surface area (Å²) in [5.74, 6) is 1.30. The normalized spacial score (nSPS) is 9.27. The molecule has 0 saturated heterocycles. The van der Waals surface area contributed by atoms with Crippen LogP contribution in [0.25, 0.3) is 11.5 Å². The summed E-state index contributed by atoms with van der Waals surface area (Å²) in [5, 5.41) is 3.69. The Morgan fingerprint density at radius 2 is 1.87 bits per heavy atom. The van der Waals surface area contributed by atoms with E-state index >= 15 is 0 Å². The lowest BCUT2D eigenvalue weighted by Gasteiger charge is -1.89. The first-order valence-corrected chi connectivity index (χ1v) is 5.37. The molecule has 0 aliphatic rings. The molecule has 1 aromatic carbocycles. The summed E-state index contributed by atoms with van der Waals surface area (Å²) in [4.78, 5) is 4.09. The van der Waals surface area contributed by atoms with Gasteiger partial charge in [-0.15, -0.1) is 11.6 Å². The molecular weight excluding hydrogens is 212 g/mol. The molecular formula is C11H13ClN2O. The number of rotatable bonds is 2.